The van der Waals surface area contributed by atoms with Gasteiger partial charge in [0.2, 0.25) is 0 Å². The molecule has 1 aromatic rings. The summed E-state index contributed by atoms with van der Waals surface area (Å²) in [5, 5.41) is 12.6. The zero-order chi connectivity index (χ0) is 15.7. The summed E-state index contributed by atoms with van der Waals surface area (Å²) < 4.78 is 13.0. The zero-order valence-corrected chi connectivity index (χ0v) is 13.3. The van der Waals surface area contributed by atoms with E-state index in [0.717, 1.165) is 31.7 Å². The zero-order valence-electron chi connectivity index (χ0n) is 13.3. The Hall–Kier alpha value is -1.04. The molecule has 2 unspecified atom stereocenters. The first-order chi connectivity index (χ1) is 10.1. The summed E-state index contributed by atoms with van der Waals surface area (Å²) in [7, 11) is 0. The standard InChI is InChI=1S/C16H28FN3O/c1-4-8-18-16(15-7-6-14(17)11-19-15)13(3)12-20(5-2)9-10-21/h6-7,11,13,16,18,21H,4-5,8-10,12H2,1-3H3. The summed E-state index contributed by atoms with van der Waals surface area (Å²) >= 11 is 0. The number of nitrogens with zero attached hydrogens (tertiary/aromatic N) is 2. The number of aromatic nitrogens is 1. The van der Waals surface area contributed by atoms with E-state index in [4.69, 9.17) is 5.11 Å². The van der Waals surface area contributed by atoms with E-state index >= 15 is 0 Å². The van der Waals surface area contributed by atoms with Crippen molar-refractivity contribution in [2.75, 3.05) is 32.8 Å². The first kappa shape index (κ1) is 18.0. The lowest BCUT2D eigenvalue weighted by Gasteiger charge is -2.30. The number of rotatable bonds is 10. The van der Waals surface area contributed by atoms with Crippen LogP contribution in [0.25, 0.3) is 0 Å². The van der Waals surface area contributed by atoms with Crippen LogP contribution in [0.5, 0.6) is 0 Å². The molecule has 120 valence electrons. The molecule has 1 rings (SSSR count). The average molecular weight is 297 g/mol. The van der Waals surface area contributed by atoms with Crippen LogP contribution in [0.1, 0.15) is 38.9 Å². The maximum absolute atomic E-state index is 13.0. The normalized spacial score (nSPS) is 14.4. The van der Waals surface area contributed by atoms with Gasteiger partial charge < -0.3 is 15.3 Å². The lowest BCUT2D eigenvalue weighted by Crippen LogP contribution is -2.37. The van der Waals surface area contributed by atoms with E-state index in [9.17, 15) is 4.39 Å². The van der Waals surface area contributed by atoms with Crippen molar-refractivity contribution in [1.82, 2.24) is 15.2 Å². The fraction of sp³-hybridized carbons (Fsp3) is 0.688. The summed E-state index contributed by atoms with van der Waals surface area (Å²) in [4.78, 5) is 6.44. The van der Waals surface area contributed by atoms with Crippen molar-refractivity contribution in [2.24, 2.45) is 5.92 Å². The second-order valence-corrected chi connectivity index (χ2v) is 5.43. The lowest BCUT2D eigenvalue weighted by atomic mass is 9.97. The fourth-order valence-electron chi connectivity index (χ4n) is 2.50. The Morgan fingerprint density at radius 1 is 1.38 bits per heavy atom. The number of hydrogen-bond donors (Lipinski definition) is 2. The minimum Gasteiger partial charge on any atom is -0.395 e. The highest BCUT2D eigenvalue weighted by molar-refractivity contribution is 5.11. The van der Waals surface area contributed by atoms with E-state index in [1.54, 1.807) is 6.07 Å². The lowest BCUT2D eigenvalue weighted by molar-refractivity contribution is 0.171. The maximum Gasteiger partial charge on any atom is 0.141 e. The highest BCUT2D eigenvalue weighted by Gasteiger charge is 2.21. The van der Waals surface area contributed by atoms with Crippen LogP contribution >= 0.6 is 0 Å². The number of hydrogen-bond acceptors (Lipinski definition) is 4. The molecule has 1 heterocycles. The minimum absolute atomic E-state index is 0.0956. The molecule has 1 aromatic heterocycles. The Balaban J connectivity index is 2.77. The number of aliphatic hydroxyl groups is 1. The van der Waals surface area contributed by atoms with Gasteiger partial charge >= 0.3 is 0 Å². The third-order valence-electron chi connectivity index (χ3n) is 3.66. The van der Waals surface area contributed by atoms with Crippen LogP contribution in [0.15, 0.2) is 18.3 Å². The van der Waals surface area contributed by atoms with Crippen LogP contribution in [0, 0.1) is 11.7 Å². The summed E-state index contributed by atoms with van der Waals surface area (Å²) in [6.07, 6.45) is 2.31. The summed E-state index contributed by atoms with van der Waals surface area (Å²) in [6, 6.07) is 3.31. The summed E-state index contributed by atoms with van der Waals surface area (Å²) in [5.74, 6) is 0.0112. The summed E-state index contributed by atoms with van der Waals surface area (Å²) in [6.45, 7) is 9.91. The predicted octanol–water partition coefficient (Wildman–Crippen LogP) is 2.21. The van der Waals surface area contributed by atoms with Crippen molar-refractivity contribution in [1.29, 1.82) is 0 Å². The van der Waals surface area contributed by atoms with Crippen molar-refractivity contribution in [3.8, 4) is 0 Å². The fourth-order valence-corrected chi connectivity index (χ4v) is 2.50. The topological polar surface area (TPSA) is 48.4 Å². The molecule has 4 nitrogen and oxygen atoms in total. The molecule has 0 saturated carbocycles. The molecular weight excluding hydrogens is 269 g/mol. The van der Waals surface area contributed by atoms with Gasteiger partial charge in [0.1, 0.15) is 5.82 Å². The van der Waals surface area contributed by atoms with Crippen molar-refractivity contribution in [2.45, 2.75) is 33.2 Å². The number of likely N-dealkylation sites (N-methyl/N-ethyl adjacent to an activating group) is 1. The maximum atomic E-state index is 13.0. The van der Waals surface area contributed by atoms with Crippen molar-refractivity contribution in [3.05, 3.63) is 29.8 Å². The van der Waals surface area contributed by atoms with Crippen LogP contribution in [-0.2, 0) is 0 Å². The van der Waals surface area contributed by atoms with Crippen LogP contribution < -0.4 is 5.32 Å². The van der Waals surface area contributed by atoms with Gasteiger partial charge in [0.05, 0.1) is 24.5 Å². The first-order valence-corrected chi connectivity index (χ1v) is 7.80. The predicted molar refractivity (Wildman–Crippen MR) is 83.6 cm³/mol. The van der Waals surface area contributed by atoms with Crippen molar-refractivity contribution >= 4 is 0 Å². The highest BCUT2D eigenvalue weighted by Crippen LogP contribution is 2.21. The van der Waals surface area contributed by atoms with E-state index in [1.165, 1.54) is 12.3 Å². The second kappa shape index (κ2) is 9.82. The highest BCUT2D eigenvalue weighted by atomic mass is 19.1. The van der Waals surface area contributed by atoms with Crippen molar-refractivity contribution < 1.29 is 9.50 Å². The van der Waals surface area contributed by atoms with E-state index in [-0.39, 0.29) is 18.5 Å². The van der Waals surface area contributed by atoms with Gasteiger partial charge in [0.25, 0.3) is 0 Å². The minimum atomic E-state index is -0.309. The number of aliphatic hydroxyl groups excluding tert-OH is 1. The van der Waals surface area contributed by atoms with Crippen LogP contribution in [0.3, 0.4) is 0 Å². The number of halogens is 1. The van der Waals surface area contributed by atoms with Gasteiger partial charge in [0, 0.05) is 13.1 Å². The van der Waals surface area contributed by atoms with Crippen LogP contribution in [-0.4, -0.2) is 47.8 Å². The number of pyridine rings is 1. The molecule has 0 saturated heterocycles. The van der Waals surface area contributed by atoms with E-state index in [2.05, 4.69) is 36.0 Å². The molecule has 0 aromatic carbocycles. The molecule has 0 aliphatic heterocycles. The van der Waals surface area contributed by atoms with Crippen LogP contribution in [0.4, 0.5) is 4.39 Å². The molecule has 21 heavy (non-hydrogen) atoms. The van der Waals surface area contributed by atoms with Gasteiger partial charge in [-0.1, -0.05) is 20.8 Å². The van der Waals surface area contributed by atoms with E-state index in [0.29, 0.717) is 12.5 Å². The van der Waals surface area contributed by atoms with Gasteiger partial charge in [-0.25, -0.2) is 4.39 Å². The van der Waals surface area contributed by atoms with Gasteiger partial charge in [-0.3, -0.25) is 4.98 Å². The SMILES string of the molecule is CCCNC(c1ccc(F)cn1)C(C)CN(CC)CCO. The molecule has 2 N–H and O–H groups in total. The third kappa shape index (κ3) is 6.08. The van der Waals surface area contributed by atoms with Crippen LogP contribution in [0.2, 0.25) is 0 Å². The molecule has 0 spiro atoms. The Morgan fingerprint density at radius 3 is 2.67 bits per heavy atom. The van der Waals surface area contributed by atoms with E-state index in [1.807, 2.05) is 0 Å². The molecule has 5 heteroatoms. The molecule has 0 amide bonds. The molecule has 0 bridgehead atoms. The van der Waals surface area contributed by atoms with Gasteiger partial charge in [0.15, 0.2) is 0 Å². The van der Waals surface area contributed by atoms with Gasteiger partial charge in [-0.2, -0.15) is 0 Å². The first-order valence-electron chi connectivity index (χ1n) is 7.80. The molecular formula is C16H28FN3O. The van der Waals surface area contributed by atoms with Crippen molar-refractivity contribution in [3.63, 3.8) is 0 Å². The molecule has 0 radical (unpaired) electrons. The Morgan fingerprint density at radius 2 is 2.14 bits per heavy atom. The molecule has 2 atom stereocenters. The van der Waals surface area contributed by atoms with E-state index < -0.39 is 0 Å². The average Bonchev–Trinajstić information content (AvgIpc) is 2.49. The van der Waals surface area contributed by atoms with Gasteiger partial charge in [-0.15, -0.1) is 0 Å². The van der Waals surface area contributed by atoms with Gasteiger partial charge in [-0.05, 0) is 37.6 Å². The molecule has 0 aliphatic carbocycles. The monoisotopic (exact) mass is 297 g/mol. The molecule has 0 fully saturated rings. The second-order valence-electron chi connectivity index (χ2n) is 5.43. The largest absolute Gasteiger partial charge is 0.395 e. The summed E-state index contributed by atoms with van der Waals surface area (Å²) in [5.41, 5.74) is 0.873. The Labute approximate surface area is 127 Å². The third-order valence-corrected chi connectivity index (χ3v) is 3.66. The quantitative estimate of drug-likeness (QED) is 0.695. The smallest absolute Gasteiger partial charge is 0.141 e. The Bertz CT molecular complexity index is 386. The molecule has 0 aliphatic rings. The number of nitrogens with one attached hydrogen (secondary N) is 1. The Kier molecular flexibility index (Phi) is 8.42.